The van der Waals surface area contributed by atoms with Crippen LogP contribution in [0, 0.1) is 17.0 Å². The number of hydrogen-bond acceptors (Lipinski definition) is 8. The number of esters is 2. The summed E-state index contributed by atoms with van der Waals surface area (Å²) >= 11 is 0. The highest BCUT2D eigenvalue weighted by Gasteiger charge is 2.26. The van der Waals surface area contributed by atoms with Gasteiger partial charge in [-0.15, -0.1) is 0 Å². The molecular weight excluding hydrogens is 392 g/mol. The molecule has 0 N–H and O–H groups in total. The lowest BCUT2D eigenvalue weighted by molar-refractivity contribution is -0.385. The molecule has 154 valence electrons. The average molecular weight is 410 g/mol. The summed E-state index contributed by atoms with van der Waals surface area (Å²) in [7, 11) is 1.43. The fourth-order valence-electron chi connectivity index (χ4n) is 2.68. The Balaban J connectivity index is 1.92. The molecule has 0 amide bonds. The van der Waals surface area contributed by atoms with Gasteiger partial charge in [-0.05, 0) is 36.8 Å². The van der Waals surface area contributed by atoms with Crippen molar-refractivity contribution in [2.75, 3.05) is 7.11 Å². The molecule has 30 heavy (non-hydrogen) atoms. The fourth-order valence-corrected chi connectivity index (χ4v) is 2.68. The number of methoxy groups -OCH3 is 1. The molecule has 0 unspecified atom stereocenters. The van der Waals surface area contributed by atoms with Crippen molar-refractivity contribution in [1.29, 1.82) is 0 Å². The summed E-state index contributed by atoms with van der Waals surface area (Å²) in [6.45, 7) is 3.29. The van der Waals surface area contributed by atoms with Crippen LogP contribution in [0.2, 0.25) is 0 Å². The summed E-state index contributed by atoms with van der Waals surface area (Å²) in [6, 6.07) is 9.23. The van der Waals surface area contributed by atoms with E-state index >= 15 is 0 Å². The zero-order chi connectivity index (χ0) is 21.8. The first-order valence-corrected chi connectivity index (χ1v) is 8.99. The van der Waals surface area contributed by atoms with E-state index in [1.807, 2.05) is 0 Å². The van der Waals surface area contributed by atoms with Gasteiger partial charge in [0.15, 0.2) is 17.2 Å². The predicted octanol–water partition coefficient (Wildman–Crippen LogP) is 3.57. The normalized spacial score (nSPS) is 14.3. The Hall–Kier alpha value is -4.01. The van der Waals surface area contributed by atoms with Gasteiger partial charge in [0.25, 0.3) is 5.69 Å². The molecule has 0 saturated carbocycles. The molecular formula is C21H18N2O7. The van der Waals surface area contributed by atoms with Crippen molar-refractivity contribution in [2.45, 2.75) is 20.3 Å². The van der Waals surface area contributed by atoms with E-state index in [4.69, 9.17) is 14.2 Å². The maximum Gasteiger partial charge on any atom is 0.363 e. The summed E-state index contributed by atoms with van der Waals surface area (Å²) in [6.07, 6.45) is 1.70. The Bertz CT molecular complexity index is 1100. The second-order valence-electron chi connectivity index (χ2n) is 6.33. The largest absolute Gasteiger partial charge is 0.493 e. The van der Waals surface area contributed by atoms with E-state index in [1.54, 1.807) is 44.2 Å². The Labute approximate surface area is 171 Å². The number of aliphatic imine (C=N–C) groups is 1. The van der Waals surface area contributed by atoms with Crippen LogP contribution in [0.3, 0.4) is 0 Å². The van der Waals surface area contributed by atoms with Gasteiger partial charge in [0.1, 0.15) is 0 Å². The van der Waals surface area contributed by atoms with Gasteiger partial charge in [0.05, 0.1) is 12.0 Å². The first-order chi connectivity index (χ1) is 14.3. The van der Waals surface area contributed by atoms with Gasteiger partial charge in [-0.25, -0.2) is 9.79 Å². The smallest absolute Gasteiger partial charge is 0.363 e. The SMILES string of the molecule is CCC(=O)Oc1ccc(C=C2N=C(c3ccc(C)c([N+](=O)[O-])c3)OC2=O)cc1OC. The molecule has 0 aliphatic carbocycles. The second-order valence-corrected chi connectivity index (χ2v) is 6.33. The number of hydrogen-bond donors (Lipinski definition) is 0. The van der Waals surface area contributed by atoms with Crippen LogP contribution in [0.25, 0.3) is 6.08 Å². The van der Waals surface area contributed by atoms with Gasteiger partial charge in [-0.1, -0.05) is 19.1 Å². The number of nitro benzene ring substituents is 1. The highest BCUT2D eigenvalue weighted by Crippen LogP contribution is 2.30. The van der Waals surface area contributed by atoms with Crippen LogP contribution in [0.4, 0.5) is 5.69 Å². The molecule has 9 nitrogen and oxygen atoms in total. The molecule has 1 heterocycles. The van der Waals surface area contributed by atoms with E-state index in [2.05, 4.69) is 4.99 Å². The lowest BCUT2D eigenvalue weighted by Gasteiger charge is -2.09. The van der Waals surface area contributed by atoms with Crippen molar-refractivity contribution in [3.05, 3.63) is 68.9 Å². The number of carbonyl (C=O) groups is 2. The van der Waals surface area contributed by atoms with E-state index in [0.29, 0.717) is 22.4 Å². The summed E-state index contributed by atoms with van der Waals surface area (Å²) in [5, 5.41) is 11.1. The maximum absolute atomic E-state index is 12.2. The Kier molecular flexibility index (Phi) is 5.91. The standard InChI is InChI=1S/C21H18N2O7/c1-4-19(24)29-17-8-6-13(10-18(17)28-3)9-15-21(25)30-20(22-15)14-7-5-12(2)16(11-14)23(26)27/h5-11H,4H2,1-3H3. The van der Waals surface area contributed by atoms with E-state index in [-0.39, 0.29) is 29.5 Å². The van der Waals surface area contributed by atoms with Crippen LogP contribution in [0.1, 0.15) is 30.0 Å². The van der Waals surface area contributed by atoms with Gasteiger partial charge in [-0.3, -0.25) is 14.9 Å². The van der Waals surface area contributed by atoms with Crippen molar-refractivity contribution in [1.82, 2.24) is 0 Å². The van der Waals surface area contributed by atoms with Crippen LogP contribution in [-0.2, 0) is 14.3 Å². The van der Waals surface area contributed by atoms with Crippen molar-refractivity contribution >= 4 is 29.6 Å². The minimum Gasteiger partial charge on any atom is -0.493 e. The summed E-state index contributed by atoms with van der Waals surface area (Å²) in [4.78, 5) is 38.5. The van der Waals surface area contributed by atoms with E-state index in [1.165, 1.54) is 19.3 Å². The maximum atomic E-state index is 12.2. The van der Waals surface area contributed by atoms with Gasteiger partial charge in [-0.2, -0.15) is 0 Å². The number of carbonyl (C=O) groups excluding carboxylic acids is 2. The van der Waals surface area contributed by atoms with Crippen molar-refractivity contribution in [3.63, 3.8) is 0 Å². The first kappa shape index (κ1) is 20.7. The van der Waals surface area contributed by atoms with Crippen molar-refractivity contribution in [2.24, 2.45) is 4.99 Å². The summed E-state index contributed by atoms with van der Waals surface area (Å²) in [5.74, 6) is -0.531. The van der Waals surface area contributed by atoms with Crippen LogP contribution in [0.5, 0.6) is 11.5 Å². The third-order valence-corrected chi connectivity index (χ3v) is 4.28. The molecule has 0 saturated heterocycles. The average Bonchev–Trinajstić information content (AvgIpc) is 3.09. The zero-order valence-corrected chi connectivity index (χ0v) is 16.5. The summed E-state index contributed by atoms with van der Waals surface area (Å²) in [5.41, 5.74) is 1.30. The molecule has 2 aromatic rings. The van der Waals surface area contributed by atoms with Gasteiger partial charge < -0.3 is 14.2 Å². The summed E-state index contributed by atoms with van der Waals surface area (Å²) < 4.78 is 15.6. The predicted molar refractivity (Wildman–Crippen MR) is 107 cm³/mol. The lowest BCUT2D eigenvalue weighted by atomic mass is 10.1. The first-order valence-electron chi connectivity index (χ1n) is 8.99. The quantitative estimate of drug-likeness (QED) is 0.235. The number of nitrogens with zero attached hydrogens (tertiary/aromatic N) is 2. The number of ether oxygens (including phenoxy) is 3. The molecule has 0 aromatic heterocycles. The number of benzene rings is 2. The molecule has 0 atom stereocenters. The topological polar surface area (TPSA) is 117 Å². The Morgan fingerprint density at radius 3 is 2.67 bits per heavy atom. The van der Waals surface area contributed by atoms with Crippen LogP contribution in [0.15, 0.2) is 47.1 Å². The molecule has 1 aliphatic heterocycles. The molecule has 2 aromatic carbocycles. The highest BCUT2D eigenvalue weighted by molar-refractivity contribution is 6.13. The minimum absolute atomic E-state index is 0.0187. The van der Waals surface area contributed by atoms with Crippen molar-refractivity contribution < 1.29 is 28.7 Å². The Morgan fingerprint density at radius 2 is 2.00 bits per heavy atom. The van der Waals surface area contributed by atoms with Crippen molar-refractivity contribution in [3.8, 4) is 11.5 Å². The second kappa shape index (κ2) is 8.56. The molecule has 0 spiro atoms. The lowest BCUT2D eigenvalue weighted by Crippen LogP contribution is -2.07. The van der Waals surface area contributed by atoms with Gasteiger partial charge in [0, 0.05) is 23.6 Å². The van der Waals surface area contributed by atoms with Crippen LogP contribution in [-0.4, -0.2) is 29.9 Å². The van der Waals surface area contributed by atoms with E-state index in [0.717, 1.165) is 0 Å². The van der Waals surface area contributed by atoms with Crippen LogP contribution < -0.4 is 9.47 Å². The molecule has 0 bridgehead atoms. The van der Waals surface area contributed by atoms with E-state index in [9.17, 15) is 19.7 Å². The van der Waals surface area contributed by atoms with Gasteiger partial charge in [0.2, 0.25) is 5.90 Å². The Morgan fingerprint density at radius 1 is 1.23 bits per heavy atom. The highest BCUT2D eigenvalue weighted by atomic mass is 16.6. The van der Waals surface area contributed by atoms with Crippen LogP contribution >= 0.6 is 0 Å². The number of aryl methyl sites for hydroxylation is 1. The monoisotopic (exact) mass is 410 g/mol. The van der Waals surface area contributed by atoms with Gasteiger partial charge >= 0.3 is 11.9 Å². The fraction of sp³-hybridized carbons (Fsp3) is 0.190. The zero-order valence-electron chi connectivity index (χ0n) is 16.5. The van der Waals surface area contributed by atoms with E-state index < -0.39 is 16.9 Å². The molecule has 1 aliphatic rings. The molecule has 0 fully saturated rings. The molecule has 3 rings (SSSR count). The molecule has 9 heteroatoms. The molecule has 0 radical (unpaired) electrons. The minimum atomic E-state index is -0.686. The number of nitro groups is 1. The third kappa shape index (κ3) is 4.35. The number of rotatable bonds is 6. The third-order valence-electron chi connectivity index (χ3n) is 4.28. The number of cyclic esters (lactones) is 1.